The summed E-state index contributed by atoms with van der Waals surface area (Å²) >= 11 is 0. The van der Waals surface area contributed by atoms with Gasteiger partial charge in [-0.05, 0) is 43.5 Å². The Morgan fingerprint density at radius 3 is 2.00 bits per heavy atom. The summed E-state index contributed by atoms with van der Waals surface area (Å²) in [6, 6.07) is 8.68. The Morgan fingerprint density at radius 1 is 0.864 bits per heavy atom. The quantitative estimate of drug-likeness (QED) is 0.804. The fraction of sp³-hybridized carbons (Fsp3) is 0.500. The number of nitrogens with zero attached hydrogens (tertiary/aromatic N) is 2. The van der Waals surface area contributed by atoms with Crippen molar-refractivity contribution in [3.8, 4) is 0 Å². The normalized spacial score (nSPS) is 12.5. The van der Waals surface area contributed by atoms with E-state index in [0.717, 1.165) is 23.5 Å². The Labute approximate surface area is 135 Å². The summed E-state index contributed by atoms with van der Waals surface area (Å²) in [5.74, 6) is 0. The largest absolute Gasteiger partial charge is 0.260 e. The van der Waals surface area contributed by atoms with Crippen LogP contribution in [0.4, 0.5) is 0 Å². The van der Waals surface area contributed by atoms with Gasteiger partial charge in [0.25, 0.3) is 0 Å². The van der Waals surface area contributed by atoms with Crippen molar-refractivity contribution in [3.05, 3.63) is 58.7 Å². The first-order valence-electron chi connectivity index (χ1n) is 8.00. The molecule has 22 heavy (non-hydrogen) atoms. The molecule has 0 aliphatic rings. The highest BCUT2D eigenvalue weighted by atomic mass is 14.7. The van der Waals surface area contributed by atoms with Crippen LogP contribution in [0.1, 0.15) is 62.8 Å². The molecule has 2 aromatic rings. The summed E-state index contributed by atoms with van der Waals surface area (Å²) < 4.78 is 0. The number of pyridine rings is 2. The van der Waals surface area contributed by atoms with Gasteiger partial charge in [0, 0.05) is 34.1 Å². The van der Waals surface area contributed by atoms with Gasteiger partial charge in [0.2, 0.25) is 0 Å². The molecular formula is C20H28N2. The van der Waals surface area contributed by atoms with Crippen LogP contribution in [0.3, 0.4) is 0 Å². The van der Waals surface area contributed by atoms with Gasteiger partial charge in [-0.25, -0.2) is 0 Å². The van der Waals surface area contributed by atoms with Gasteiger partial charge < -0.3 is 0 Å². The van der Waals surface area contributed by atoms with Crippen LogP contribution < -0.4 is 0 Å². The standard InChI is InChI=1S/C20H28N2/c1-14-8-10-18(21-13-14)20(6,7)12-16-9-11-17(19(3,4)5)22-15(16)2/h8-11,13H,12H2,1-7H3. The zero-order valence-corrected chi connectivity index (χ0v) is 15.0. The summed E-state index contributed by atoms with van der Waals surface area (Å²) in [5.41, 5.74) is 6.03. The fourth-order valence-corrected chi connectivity index (χ4v) is 2.63. The first kappa shape index (κ1) is 16.7. The molecule has 0 aliphatic heterocycles. The smallest absolute Gasteiger partial charge is 0.0463 e. The summed E-state index contributed by atoms with van der Waals surface area (Å²) in [7, 11) is 0. The van der Waals surface area contributed by atoms with Gasteiger partial charge in [-0.1, -0.05) is 46.8 Å². The van der Waals surface area contributed by atoms with Crippen molar-refractivity contribution in [1.82, 2.24) is 9.97 Å². The zero-order valence-electron chi connectivity index (χ0n) is 15.0. The molecule has 0 aliphatic carbocycles. The van der Waals surface area contributed by atoms with Crippen molar-refractivity contribution in [2.45, 2.75) is 65.7 Å². The number of hydrogen-bond donors (Lipinski definition) is 0. The Hall–Kier alpha value is -1.70. The van der Waals surface area contributed by atoms with Crippen molar-refractivity contribution in [2.75, 3.05) is 0 Å². The summed E-state index contributed by atoms with van der Waals surface area (Å²) in [6.07, 6.45) is 2.90. The van der Waals surface area contributed by atoms with Crippen LogP contribution >= 0.6 is 0 Å². The van der Waals surface area contributed by atoms with E-state index in [0.29, 0.717) is 0 Å². The van der Waals surface area contributed by atoms with E-state index in [1.54, 1.807) is 0 Å². The molecule has 0 amide bonds. The lowest BCUT2D eigenvalue weighted by molar-refractivity contribution is 0.501. The minimum atomic E-state index is 0.00336. The second-order valence-electron chi connectivity index (χ2n) is 7.97. The molecule has 0 N–H and O–H groups in total. The lowest BCUT2D eigenvalue weighted by Crippen LogP contribution is -2.23. The molecule has 2 rings (SSSR count). The van der Waals surface area contributed by atoms with E-state index < -0.39 is 0 Å². The van der Waals surface area contributed by atoms with E-state index >= 15 is 0 Å². The third-order valence-electron chi connectivity index (χ3n) is 4.20. The molecule has 118 valence electrons. The molecule has 0 saturated heterocycles. The first-order chi connectivity index (χ1) is 10.1. The van der Waals surface area contributed by atoms with Crippen molar-refractivity contribution in [3.63, 3.8) is 0 Å². The number of aryl methyl sites for hydroxylation is 2. The molecule has 2 heteroatoms. The third kappa shape index (κ3) is 3.73. The highest BCUT2D eigenvalue weighted by Gasteiger charge is 2.24. The van der Waals surface area contributed by atoms with Crippen molar-refractivity contribution in [1.29, 1.82) is 0 Å². The van der Waals surface area contributed by atoms with Gasteiger partial charge in [0.05, 0.1) is 0 Å². The molecule has 0 atom stereocenters. The maximum atomic E-state index is 4.82. The van der Waals surface area contributed by atoms with Crippen LogP contribution in [0.25, 0.3) is 0 Å². The van der Waals surface area contributed by atoms with E-state index in [-0.39, 0.29) is 10.8 Å². The minimum Gasteiger partial charge on any atom is -0.260 e. The first-order valence-corrected chi connectivity index (χ1v) is 8.00. The van der Waals surface area contributed by atoms with Crippen LogP contribution in [0, 0.1) is 13.8 Å². The maximum Gasteiger partial charge on any atom is 0.0463 e. The molecule has 0 spiro atoms. The highest BCUT2D eigenvalue weighted by Crippen LogP contribution is 2.28. The van der Waals surface area contributed by atoms with Crippen LogP contribution in [0.5, 0.6) is 0 Å². The predicted octanol–water partition coefficient (Wildman–Crippen LogP) is 4.91. The van der Waals surface area contributed by atoms with Crippen LogP contribution in [-0.4, -0.2) is 9.97 Å². The molecule has 0 unspecified atom stereocenters. The van der Waals surface area contributed by atoms with Crippen molar-refractivity contribution in [2.24, 2.45) is 0 Å². The Morgan fingerprint density at radius 2 is 1.50 bits per heavy atom. The van der Waals surface area contributed by atoms with E-state index in [1.807, 2.05) is 6.20 Å². The number of aromatic nitrogens is 2. The Bertz CT molecular complexity index is 646. The van der Waals surface area contributed by atoms with Gasteiger partial charge in [-0.2, -0.15) is 0 Å². The summed E-state index contributed by atoms with van der Waals surface area (Å²) in [4.78, 5) is 9.43. The topological polar surface area (TPSA) is 25.8 Å². The molecule has 0 saturated carbocycles. The van der Waals surface area contributed by atoms with Crippen LogP contribution in [0.15, 0.2) is 30.5 Å². The molecule has 0 fully saturated rings. The highest BCUT2D eigenvalue weighted by molar-refractivity contribution is 5.29. The summed E-state index contributed by atoms with van der Waals surface area (Å²) in [5, 5.41) is 0. The summed E-state index contributed by atoms with van der Waals surface area (Å²) in [6.45, 7) is 15.3. The fourth-order valence-electron chi connectivity index (χ4n) is 2.63. The van der Waals surface area contributed by atoms with Crippen LogP contribution in [0.2, 0.25) is 0 Å². The Balaban J connectivity index is 2.28. The van der Waals surface area contributed by atoms with Gasteiger partial charge >= 0.3 is 0 Å². The Kier molecular flexibility index (Phi) is 4.42. The molecule has 2 aromatic heterocycles. The average molecular weight is 296 g/mol. The number of rotatable bonds is 3. The molecule has 0 aromatic carbocycles. The second-order valence-corrected chi connectivity index (χ2v) is 7.97. The van der Waals surface area contributed by atoms with E-state index in [9.17, 15) is 0 Å². The molecule has 2 nitrogen and oxygen atoms in total. The lowest BCUT2D eigenvalue weighted by Gasteiger charge is -2.26. The molecule has 2 heterocycles. The van der Waals surface area contributed by atoms with Gasteiger partial charge in [-0.15, -0.1) is 0 Å². The van der Waals surface area contributed by atoms with Gasteiger partial charge in [-0.3, -0.25) is 9.97 Å². The minimum absolute atomic E-state index is 0.00336. The average Bonchev–Trinajstić information content (AvgIpc) is 2.40. The molecule has 0 radical (unpaired) electrons. The SMILES string of the molecule is Cc1ccc(C(C)(C)Cc2ccc(C(C)(C)C)nc2C)nc1. The van der Waals surface area contributed by atoms with Crippen molar-refractivity contribution < 1.29 is 0 Å². The predicted molar refractivity (Wildman–Crippen MR) is 93.4 cm³/mol. The van der Waals surface area contributed by atoms with Gasteiger partial charge in [0.15, 0.2) is 0 Å². The van der Waals surface area contributed by atoms with Crippen molar-refractivity contribution >= 4 is 0 Å². The molecular weight excluding hydrogens is 268 g/mol. The third-order valence-corrected chi connectivity index (χ3v) is 4.20. The van der Waals surface area contributed by atoms with Crippen LogP contribution in [-0.2, 0) is 17.3 Å². The monoisotopic (exact) mass is 296 g/mol. The zero-order chi connectivity index (χ0) is 16.5. The van der Waals surface area contributed by atoms with E-state index in [2.05, 4.69) is 77.7 Å². The lowest BCUT2D eigenvalue weighted by atomic mass is 9.81. The molecule has 0 bridgehead atoms. The maximum absolute atomic E-state index is 4.82. The second kappa shape index (κ2) is 5.83. The van der Waals surface area contributed by atoms with E-state index in [1.165, 1.54) is 11.1 Å². The van der Waals surface area contributed by atoms with Gasteiger partial charge in [0.1, 0.15) is 0 Å². The van der Waals surface area contributed by atoms with E-state index in [4.69, 9.17) is 4.98 Å². The number of hydrogen-bond acceptors (Lipinski definition) is 2.